The average Bonchev–Trinajstić information content (AvgIpc) is 2.42. The predicted molar refractivity (Wildman–Crippen MR) is 86.7 cm³/mol. The van der Waals surface area contributed by atoms with E-state index in [-0.39, 0.29) is 11.0 Å². The molecule has 4 nitrogen and oxygen atoms in total. The Labute approximate surface area is 130 Å². The van der Waals surface area contributed by atoms with E-state index in [1.165, 1.54) is 12.8 Å². The van der Waals surface area contributed by atoms with Gasteiger partial charge in [0.25, 0.3) is 0 Å². The van der Waals surface area contributed by atoms with Gasteiger partial charge >= 0.3 is 0 Å². The average molecular weight is 298 g/mol. The molecule has 2 aliphatic rings. The summed E-state index contributed by atoms with van der Waals surface area (Å²) < 4.78 is 11.5. The minimum atomic E-state index is 0.140. The van der Waals surface area contributed by atoms with Crippen LogP contribution in [0.4, 0.5) is 0 Å². The van der Waals surface area contributed by atoms with Crippen molar-refractivity contribution < 1.29 is 9.47 Å². The number of morpholine rings is 1. The van der Waals surface area contributed by atoms with Crippen molar-refractivity contribution in [2.45, 2.75) is 46.1 Å². The summed E-state index contributed by atoms with van der Waals surface area (Å²) in [5, 5.41) is 3.67. The molecule has 1 atom stereocenters. The zero-order valence-electron chi connectivity index (χ0n) is 14.4. The molecule has 0 aromatic carbocycles. The van der Waals surface area contributed by atoms with Gasteiger partial charge in [-0.15, -0.1) is 0 Å². The summed E-state index contributed by atoms with van der Waals surface area (Å²) in [4.78, 5) is 2.61. The van der Waals surface area contributed by atoms with Crippen LogP contribution in [0, 0.1) is 11.3 Å². The second-order valence-corrected chi connectivity index (χ2v) is 7.97. The SMILES string of the molecule is CC(C)CNCC1(CN2CCOCC2(C)C)CCCOC1. The van der Waals surface area contributed by atoms with Gasteiger partial charge in [0.05, 0.1) is 19.8 Å². The molecule has 1 unspecified atom stereocenters. The summed E-state index contributed by atoms with van der Waals surface area (Å²) in [7, 11) is 0. The molecule has 0 aliphatic carbocycles. The van der Waals surface area contributed by atoms with Crippen molar-refractivity contribution in [2.75, 3.05) is 52.6 Å². The topological polar surface area (TPSA) is 33.7 Å². The van der Waals surface area contributed by atoms with Crippen LogP contribution in [0.2, 0.25) is 0 Å². The fourth-order valence-corrected chi connectivity index (χ4v) is 3.44. The third-order valence-electron chi connectivity index (χ3n) is 4.80. The maximum atomic E-state index is 5.85. The molecule has 0 amide bonds. The van der Waals surface area contributed by atoms with Gasteiger partial charge in [0.2, 0.25) is 0 Å². The smallest absolute Gasteiger partial charge is 0.0645 e. The Balaban J connectivity index is 1.97. The molecule has 2 rings (SSSR count). The summed E-state index contributed by atoms with van der Waals surface area (Å²) in [6.07, 6.45) is 2.46. The number of ether oxygens (including phenoxy) is 2. The molecule has 1 N–H and O–H groups in total. The number of hydrogen-bond donors (Lipinski definition) is 1. The van der Waals surface area contributed by atoms with Crippen LogP contribution >= 0.6 is 0 Å². The predicted octanol–water partition coefficient (Wildman–Crippen LogP) is 2.14. The third kappa shape index (κ3) is 4.92. The van der Waals surface area contributed by atoms with Crippen molar-refractivity contribution in [3.05, 3.63) is 0 Å². The van der Waals surface area contributed by atoms with Gasteiger partial charge in [-0.3, -0.25) is 4.90 Å². The van der Waals surface area contributed by atoms with E-state index in [1.54, 1.807) is 0 Å². The largest absolute Gasteiger partial charge is 0.381 e. The molecule has 4 heteroatoms. The van der Waals surface area contributed by atoms with Gasteiger partial charge in [-0.25, -0.2) is 0 Å². The number of nitrogens with one attached hydrogen (secondary N) is 1. The van der Waals surface area contributed by atoms with Gasteiger partial charge in [-0.2, -0.15) is 0 Å². The highest BCUT2D eigenvalue weighted by molar-refractivity contribution is 4.93. The summed E-state index contributed by atoms with van der Waals surface area (Å²) in [6, 6.07) is 0. The van der Waals surface area contributed by atoms with E-state index < -0.39 is 0 Å². The molecule has 0 aromatic rings. The van der Waals surface area contributed by atoms with Crippen LogP contribution in [0.3, 0.4) is 0 Å². The van der Waals surface area contributed by atoms with E-state index >= 15 is 0 Å². The van der Waals surface area contributed by atoms with Crippen LogP contribution in [0.1, 0.15) is 40.5 Å². The summed E-state index contributed by atoms with van der Waals surface area (Å²) in [6.45, 7) is 17.0. The maximum Gasteiger partial charge on any atom is 0.0645 e. The van der Waals surface area contributed by atoms with Gasteiger partial charge in [0.15, 0.2) is 0 Å². The Bertz CT molecular complexity index is 312. The van der Waals surface area contributed by atoms with E-state index in [0.29, 0.717) is 5.92 Å². The van der Waals surface area contributed by atoms with Crippen LogP contribution in [-0.4, -0.2) is 63.0 Å². The van der Waals surface area contributed by atoms with E-state index in [1.807, 2.05) is 0 Å². The molecule has 0 radical (unpaired) electrons. The number of nitrogens with zero attached hydrogens (tertiary/aromatic N) is 1. The summed E-state index contributed by atoms with van der Waals surface area (Å²) in [5.41, 5.74) is 0.405. The van der Waals surface area contributed by atoms with Crippen LogP contribution in [-0.2, 0) is 9.47 Å². The molecule has 2 aliphatic heterocycles. The van der Waals surface area contributed by atoms with Crippen molar-refractivity contribution in [3.63, 3.8) is 0 Å². The van der Waals surface area contributed by atoms with Gasteiger partial charge in [-0.05, 0) is 39.2 Å². The first-order valence-electron chi connectivity index (χ1n) is 8.55. The van der Waals surface area contributed by atoms with Gasteiger partial charge in [-0.1, -0.05) is 13.8 Å². The maximum absolute atomic E-state index is 5.85. The van der Waals surface area contributed by atoms with Crippen LogP contribution in [0.5, 0.6) is 0 Å². The minimum Gasteiger partial charge on any atom is -0.381 e. The monoisotopic (exact) mass is 298 g/mol. The van der Waals surface area contributed by atoms with Crippen LogP contribution in [0.15, 0.2) is 0 Å². The Hall–Kier alpha value is -0.160. The highest BCUT2D eigenvalue weighted by atomic mass is 16.5. The summed E-state index contributed by atoms with van der Waals surface area (Å²) >= 11 is 0. The molecule has 124 valence electrons. The standard InChI is InChI=1S/C17H34N2O2/c1-15(2)10-18-11-17(6-5-8-20-14-17)12-19-7-9-21-13-16(19,3)4/h15,18H,5-14H2,1-4H3. The second kappa shape index (κ2) is 7.40. The number of rotatable bonds is 6. The second-order valence-electron chi connectivity index (χ2n) is 7.97. The lowest BCUT2D eigenvalue weighted by Crippen LogP contribution is -2.59. The van der Waals surface area contributed by atoms with E-state index in [2.05, 4.69) is 37.9 Å². The molecular weight excluding hydrogens is 264 g/mol. The normalized spacial score (nSPS) is 30.7. The Kier molecular flexibility index (Phi) is 6.06. The molecular formula is C17H34N2O2. The Morgan fingerprint density at radius 3 is 2.52 bits per heavy atom. The van der Waals surface area contributed by atoms with Crippen molar-refractivity contribution in [2.24, 2.45) is 11.3 Å². The zero-order chi connectivity index (χ0) is 15.3. The quantitative estimate of drug-likeness (QED) is 0.814. The van der Waals surface area contributed by atoms with E-state index in [9.17, 15) is 0 Å². The lowest BCUT2D eigenvalue weighted by Gasteiger charge is -2.48. The highest BCUT2D eigenvalue weighted by Gasteiger charge is 2.39. The lowest BCUT2D eigenvalue weighted by atomic mass is 9.80. The Morgan fingerprint density at radius 2 is 1.90 bits per heavy atom. The van der Waals surface area contributed by atoms with E-state index in [4.69, 9.17) is 9.47 Å². The minimum absolute atomic E-state index is 0.140. The molecule has 0 spiro atoms. The molecule has 0 saturated carbocycles. The lowest BCUT2D eigenvalue weighted by molar-refractivity contribution is -0.0926. The van der Waals surface area contributed by atoms with Gasteiger partial charge < -0.3 is 14.8 Å². The highest BCUT2D eigenvalue weighted by Crippen LogP contribution is 2.32. The molecule has 2 heterocycles. The Morgan fingerprint density at radius 1 is 1.14 bits per heavy atom. The molecule has 2 saturated heterocycles. The van der Waals surface area contributed by atoms with Crippen molar-refractivity contribution in [1.82, 2.24) is 10.2 Å². The van der Waals surface area contributed by atoms with Gasteiger partial charge in [0.1, 0.15) is 0 Å². The first kappa shape index (κ1) is 17.2. The molecule has 2 fully saturated rings. The first-order chi connectivity index (χ1) is 9.94. The summed E-state index contributed by atoms with van der Waals surface area (Å²) in [5.74, 6) is 0.700. The van der Waals surface area contributed by atoms with Crippen molar-refractivity contribution >= 4 is 0 Å². The molecule has 0 aromatic heterocycles. The van der Waals surface area contributed by atoms with E-state index in [0.717, 1.165) is 52.6 Å². The van der Waals surface area contributed by atoms with Gasteiger partial charge in [0, 0.05) is 37.2 Å². The zero-order valence-corrected chi connectivity index (χ0v) is 14.4. The third-order valence-corrected chi connectivity index (χ3v) is 4.80. The van der Waals surface area contributed by atoms with Crippen LogP contribution < -0.4 is 5.32 Å². The first-order valence-corrected chi connectivity index (χ1v) is 8.55. The number of hydrogen-bond acceptors (Lipinski definition) is 4. The van der Waals surface area contributed by atoms with Crippen molar-refractivity contribution in [3.8, 4) is 0 Å². The van der Waals surface area contributed by atoms with Crippen LogP contribution in [0.25, 0.3) is 0 Å². The fourth-order valence-electron chi connectivity index (χ4n) is 3.44. The molecule has 0 bridgehead atoms. The fraction of sp³-hybridized carbons (Fsp3) is 1.00. The molecule has 21 heavy (non-hydrogen) atoms. The van der Waals surface area contributed by atoms with Crippen molar-refractivity contribution in [1.29, 1.82) is 0 Å².